The second kappa shape index (κ2) is 7.73. The lowest BCUT2D eigenvalue weighted by Gasteiger charge is -2.22. The Morgan fingerprint density at radius 2 is 2.00 bits per heavy atom. The van der Waals surface area contributed by atoms with Crippen molar-refractivity contribution in [3.63, 3.8) is 0 Å². The molecule has 1 N–H and O–H groups in total. The number of amides is 1. The number of carbonyl (C=O) groups excluding carboxylic acids is 2. The fraction of sp³-hybridized carbons (Fsp3) is 0.278. The Morgan fingerprint density at radius 3 is 2.64 bits per heavy atom. The molecule has 1 aliphatic heterocycles. The number of hydrogen-bond acceptors (Lipinski definition) is 6. The molecule has 146 valence electrons. The summed E-state index contributed by atoms with van der Waals surface area (Å²) in [5.41, 5.74) is -2.33. The summed E-state index contributed by atoms with van der Waals surface area (Å²) in [6.45, 7) is -0.715. The highest BCUT2D eigenvalue weighted by Gasteiger charge is 2.27. The lowest BCUT2D eigenvalue weighted by molar-refractivity contribution is -0.124. The van der Waals surface area contributed by atoms with Crippen molar-refractivity contribution in [2.24, 2.45) is 5.10 Å². The second-order valence-electron chi connectivity index (χ2n) is 5.63. The number of hydrogen-bond donors (Lipinski definition) is 1. The molecule has 0 bridgehead atoms. The minimum atomic E-state index is -2.99. The van der Waals surface area contributed by atoms with Gasteiger partial charge in [-0.15, -0.1) is 5.10 Å². The predicted molar refractivity (Wildman–Crippen MR) is 106 cm³/mol. The number of aromatic amines is 1. The number of nitrogens with one attached hydrogen (secondary N) is 1. The molecule has 0 radical (unpaired) electrons. The topological polar surface area (TPSA) is 105 Å². The number of Topliss-reactive ketones (excluding diaryl/α,β-unsaturated/α-hetero) is 1. The molecule has 1 aromatic heterocycles. The first-order chi connectivity index (χ1) is 16.0. The van der Waals surface area contributed by atoms with Crippen molar-refractivity contribution in [3.8, 4) is 11.6 Å². The van der Waals surface area contributed by atoms with E-state index in [1.165, 1.54) is 6.92 Å². The number of carbonyl (C=O) groups is 2. The van der Waals surface area contributed by atoms with Crippen LogP contribution in [0, 0.1) is 0 Å². The van der Waals surface area contributed by atoms with E-state index in [4.69, 9.17) is 37.5 Å². The number of rotatable bonds is 4. The van der Waals surface area contributed by atoms with Crippen LogP contribution in [-0.4, -0.2) is 27.6 Å². The van der Waals surface area contributed by atoms with Gasteiger partial charge in [0.1, 0.15) is 5.71 Å². The van der Waals surface area contributed by atoms with Gasteiger partial charge in [-0.25, -0.2) is 5.10 Å². The molecule has 10 heteroatoms. The third-order valence-corrected chi connectivity index (χ3v) is 4.09. The zero-order valence-corrected chi connectivity index (χ0v) is 15.9. The van der Waals surface area contributed by atoms with Gasteiger partial charge in [0.15, 0.2) is 11.5 Å². The Morgan fingerprint density at radius 1 is 1.32 bits per heavy atom. The Labute approximate surface area is 179 Å². The van der Waals surface area contributed by atoms with Gasteiger partial charge >= 0.3 is 0 Å². The van der Waals surface area contributed by atoms with Crippen LogP contribution in [0.1, 0.15) is 48.2 Å². The number of benzene rings is 1. The van der Waals surface area contributed by atoms with Gasteiger partial charge in [0.25, 0.3) is 11.5 Å². The van der Waals surface area contributed by atoms with E-state index in [0.717, 1.165) is 6.92 Å². The summed E-state index contributed by atoms with van der Waals surface area (Å²) in [5, 5.41) is 8.90. The SMILES string of the molecule is [2H]c1c(Cl)c(Oc2n[nH]c(=O)c(C([2H])(C)C([2H])([2H])[2H])c2[2H])c(Cl)c([2H])c1N1N=C(C)C(=O)CC1=O. The first-order valence-electron chi connectivity index (χ1n) is 11.2. The van der Waals surface area contributed by atoms with Gasteiger partial charge < -0.3 is 4.74 Å². The van der Waals surface area contributed by atoms with Crippen molar-refractivity contribution in [2.45, 2.75) is 33.0 Å². The van der Waals surface area contributed by atoms with Crippen LogP contribution in [0.3, 0.4) is 0 Å². The number of ether oxygens (including phenoxy) is 1. The van der Waals surface area contributed by atoms with Crippen LogP contribution in [0.15, 0.2) is 28.0 Å². The van der Waals surface area contributed by atoms with Crippen molar-refractivity contribution in [3.05, 3.63) is 44.1 Å². The van der Waals surface area contributed by atoms with Crippen molar-refractivity contribution in [2.75, 3.05) is 5.01 Å². The molecule has 1 aliphatic rings. The number of ketones is 1. The van der Waals surface area contributed by atoms with Crippen molar-refractivity contribution in [1.29, 1.82) is 0 Å². The molecule has 1 atom stereocenters. The first-order valence-corrected chi connectivity index (χ1v) is 8.43. The molecular formula is C18H16Cl2N4O4. The summed E-state index contributed by atoms with van der Waals surface area (Å²) >= 11 is 12.4. The van der Waals surface area contributed by atoms with E-state index in [2.05, 4.69) is 10.2 Å². The molecule has 1 amide bonds. The third kappa shape index (κ3) is 3.93. The summed E-state index contributed by atoms with van der Waals surface area (Å²) in [6.07, 6.45) is -0.538. The van der Waals surface area contributed by atoms with Crippen molar-refractivity contribution >= 4 is 46.3 Å². The van der Waals surface area contributed by atoms with Crippen molar-refractivity contribution in [1.82, 2.24) is 10.2 Å². The van der Waals surface area contributed by atoms with Gasteiger partial charge in [-0.3, -0.25) is 14.4 Å². The van der Waals surface area contributed by atoms with E-state index < -0.39 is 87.5 Å². The molecule has 0 spiro atoms. The van der Waals surface area contributed by atoms with Crippen LogP contribution < -0.4 is 15.3 Å². The summed E-state index contributed by atoms with van der Waals surface area (Å²) in [5.74, 6) is -5.11. The fourth-order valence-electron chi connectivity index (χ4n) is 2.18. The van der Waals surface area contributed by atoms with Gasteiger partial charge in [-0.2, -0.15) is 10.1 Å². The van der Waals surface area contributed by atoms with E-state index in [1.807, 2.05) is 5.10 Å². The second-order valence-corrected chi connectivity index (χ2v) is 6.39. The molecule has 8 nitrogen and oxygen atoms in total. The largest absolute Gasteiger partial charge is 0.434 e. The first kappa shape index (κ1) is 12.7. The highest BCUT2D eigenvalue weighted by atomic mass is 35.5. The maximum Gasteiger partial charge on any atom is 0.267 e. The molecule has 0 fully saturated rings. The summed E-state index contributed by atoms with van der Waals surface area (Å²) in [4.78, 5) is 36.3. The zero-order valence-electron chi connectivity index (χ0n) is 21.4. The van der Waals surface area contributed by atoms with Crippen molar-refractivity contribution < 1.29 is 23.9 Å². The molecule has 1 aromatic carbocycles. The highest BCUT2D eigenvalue weighted by molar-refractivity contribution is 6.44. The average Bonchev–Trinajstić information content (AvgIpc) is 2.74. The molecule has 0 aliphatic carbocycles. The smallest absolute Gasteiger partial charge is 0.267 e. The number of anilines is 1. The average molecular weight is 430 g/mol. The van der Waals surface area contributed by atoms with E-state index in [-0.39, 0.29) is 5.71 Å². The summed E-state index contributed by atoms with van der Waals surface area (Å²) in [7, 11) is 0. The Kier molecular flexibility index (Phi) is 3.50. The van der Waals surface area contributed by atoms with Crippen LogP contribution in [-0.2, 0) is 9.59 Å². The van der Waals surface area contributed by atoms with Crippen LogP contribution in [0.25, 0.3) is 0 Å². The number of hydrazone groups is 1. The number of halogens is 2. The third-order valence-electron chi connectivity index (χ3n) is 3.56. The standard InChI is InChI=1S/C18H16Cl2N4O4/c1-8(2)11-6-15(21-22-18(11)27)28-17-12(19)4-10(5-13(17)20)24-16(26)7-14(25)9(3)23-24/h4-6,8H,7H2,1-3H3,(H,22,27)/i1D3,4D,5D,6D,8D. The monoisotopic (exact) mass is 429 g/mol. The van der Waals surface area contributed by atoms with E-state index in [0.29, 0.717) is 5.01 Å². The molecule has 0 saturated heterocycles. The number of H-pyrrole nitrogens is 1. The highest BCUT2D eigenvalue weighted by Crippen LogP contribution is 2.40. The molecule has 1 unspecified atom stereocenters. The number of aromatic nitrogens is 2. The molecule has 2 heterocycles. The normalized spacial score (nSPS) is 20.6. The van der Waals surface area contributed by atoms with Crippen LogP contribution in [0.5, 0.6) is 11.6 Å². The van der Waals surface area contributed by atoms with Gasteiger partial charge in [-0.1, -0.05) is 37.0 Å². The Balaban J connectivity index is 2.17. The fourth-order valence-corrected chi connectivity index (χ4v) is 2.67. The number of nitrogens with zero attached hydrogens (tertiary/aromatic N) is 3. The van der Waals surface area contributed by atoms with Gasteiger partial charge in [0, 0.05) is 17.1 Å². The maximum atomic E-state index is 12.3. The Hall–Kier alpha value is -2.71. The summed E-state index contributed by atoms with van der Waals surface area (Å²) in [6, 6.07) is -2.10. The van der Waals surface area contributed by atoms with Gasteiger partial charge in [-0.05, 0) is 24.9 Å². The van der Waals surface area contributed by atoms with Gasteiger partial charge in [0.2, 0.25) is 5.88 Å². The van der Waals surface area contributed by atoms with Gasteiger partial charge in [0.05, 0.1) is 26.3 Å². The Bertz CT molecular complexity index is 1330. The van der Waals surface area contributed by atoms with Crippen LogP contribution in [0.2, 0.25) is 10.0 Å². The molecule has 3 rings (SSSR count). The van der Waals surface area contributed by atoms with E-state index in [1.54, 1.807) is 0 Å². The lowest BCUT2D eigenvalue weighted by Crippen LogP contribution is -2.36. The zero-order chi connectivity index (χ0) is 26.6. The summed E-state index contributed by atoms with van der Waals surface area (Å²) < 4.78 is 61.1. The minimum absolute atomic E-state index is 0.0347. The lowest BCUT2D eigenvalue weighted by atomic mass is 10.1. The molecular weight excluding hydrogens is 407 g/mol. The molecule has 28 heavy (non-hydrogen) atoms. The van der Waals surface area contributed by atoms with Crippen LogP contribution >= 0.6 is 23.2 Å². The molecule has 2 aromatic rings. The van der Waals surface area contributed by atoms with Crippen LogP contribution in [0.4, 0.5) is 5.69 Å². The van der Waals surface area contributed by atoms with E-state index >= 15 is 0 Å². The maximum absolute atomic E-state index is 12.3. The quantitative estimate of drug-likeness (QED) is 0.746. The predicted octanol–water partition coefficient (Wildman–Crippen LogP) is 3.67. The minimum Gasteiger partial charge on any atom is -0.434 e. The molecule has 0 saturated carbocycles. The van der Waals surface area contributed by atoms with E-state index in [9.17, 15) is 14.4 Å².